The molecule has 1 aromatic rings. The molecule has 0 fully saturated rings. The molecular formula is C14H20N2O3. The van der Waals surface area contributed by atoms with E-state index in [4.69, 9.17) is 5.73 Å². The van der Waals surface area contributed by atoms with Crippen molar-refractivity contribution in [2.75, 3.05) is 12.4 Å². The fourth-order valence-electron chi connectivity index (χ4n) is 1.53. The van der Waals surface area contributed by atoms with E-state index in [1.807, 2.05) is 13.8 Å². The average Bonchev–Trinajstić information content (AvgIpc) is 2.38. The number of nitrogens with one attached hydrogen (secondary N) is 1. The lowest BCUT2D eigenvalue weighted by Gasteiger charge is -2.15. The minimum absolute atomic E-state index is 0.203. The number of hydrogen-bond acceptors (Lipinski definition) is 4. The topological polar surface area (TPSA) is 81.4 Å². The molecule has 0 saturated heterocycles. The van der Waals surface area contributed by atoms with Crippen LogP contribution >= 0.6 is 0 Å². The number of carbonyl (C=O) groups excluding carboxylic acids is 2. The molecule has 0 aliphatic rings. The van der Waals surface area contributed by atoms with Crippen LogP contribution in [0.5, 0.6) is 0 Å². The van der Waals surface area contributed by atoms with E-state index in [1.54, 1.807) is 24.3 Å². The third-order valence-corrected chi connectivity index (χ3v) is 2.88. The number of carbonyl (C=O) groups is 2. The number of anilines is 1. The quantitative estimate of drug-likeness (QED) is 0.794. The summed E-state index contributed by atoms with van der Waals surface area (Å²) in [6.07, 6.45) is 0.215. The Morgan fingerprint density at radius 1 is 1.32 bits per heavy atom. The summed E-state index contributed by atoms with van der Waals surface area (Å²) in [5, 5.41) is 2.69. The fourth-order valence-corrected chi connectivity index (χ4v) is 1.53. The Balaban J connectivity index is 2.77. The predicted molar refractivity (Wildman–Crippen MR) is 73.8 cm³/mol. The van der Waals surface area contributed by atoms with Crippen LogP contribution in [0.15, 0.2) is 24.3 Å². The molecule has 1 rings (SSSR count). The van der Waals surface area contributed by atoms with Crippen LogP contribution in [0.2, 0.25) is 0 Å². The third kappa shape index (κ3) is 4.37. The SMILES string of the molecule is COC(=O)c1ccccc1NC(=O)CC(N)C(C)C. The van der Waals surface area contributed by atoms with Crippen molar-refractivity contribution in [2.24, 2.45) is 11.7 Å². The van der Waals surface area contributed by atoms with Gasteiger partial charge in [0, 0.05) is 12.5 Å². The zero-order chi connectivity index (χ0) is 14.4. The normalized spacial score (nSPS) is 12.1. The Morgan fingerprint density at radius 3 is 2.53 bits per heavy atom. The number of methoxy groups -OCH3 is 1. The molecule has 1 atom stereocenters. The van der Waals surface area contributed by atoms with Crippen LogP contribution in [0.1, 0.15) is 30.6 Å². The van der Waals surface area contributed by atoms with E-state index in [-0.39, 0.29) is 24.3 Å². The summed E-state index contributed by atoms with van der Waals surface area (Å²) in [4.78, 5) is 23.4. The van der Waals surface area contributed by atoms with Crippen molar-refractivity contribution in [3.8, 4) is 0 Å². The molecule has 0 aliphatic carbocycles. The van der Waals surface area contributed by atoms with E-state index >= 15 is 0 Å². The van der Waals surface area contributed by atoms with Gasteiger partial charge in [0.2, 0.25) is 5.91 Å². The highest BCUT2D eigenvalue weighted by molar-refractivity contribution is 6.01. The lowest BCUT2D eigenvalue weighted by atomic mass is 10.0. The Hall–Kier alpha value is -1.88. The zero-order valence-electron chi connectivity index (χ0n) is 11.5. The van der Waals surface area contributed by atoms with Crippen LogP contribution in [0.25, 0.3) is 0 Å². The lowest BCUT2D eigenvalue weighted by molar-refractivity contribution is -0.116. The van der Waals surface area contributed by atoms with Crippen LogP contribution < -0.4 is 11.1 Å². The van der Waals surface area contributed by atoms with E-state index < -0.39 is 5.97 Å². The van der Waals surface area contributed by atoms with E-state index in [0.29, 0.717) is 11.3 Å². The number of ether oxygens (including phenoxy) is 1. The number of hydrogen-bond donors (Lipinski definition) is 2. The van der Waals surface area contributed by atoms with E-state index in [2.05, 4.69) is 10.1 Å². The molecule has 1 aromatic carbocycles. The summed E-state index contributed by atoms with van der Waals surface area (Å²) < 4.78 is 4.66. The minimum Gasteiger partial charge on any atom is -0.465 e. The van der Waals surface area contributed by atoms with Crippen LogP contribution in [0, 0.1) is 5.92 Å². The molecule has 1 amide bonds. The Morgan fingerprint density at radius 2 is 1.95 bits per heavy atom. The number of para-hydroxylation sites is 1. The van der Waals surface area contributed by atoms with Gasteiger partial charge >= 0.3 is 5.97 Å². The highest BCUT2D eigenvalue weighted by Crippen LogP contribution is 2.16. The number of rotatable bonds is 5. The van der Waals surface area contributed by atoms with Gasteiger partial charge in [-0.15, -0.1) is 0 Å². The number of benzene rings is 1. The van der Waals surface area contributed by atoms with Crippen molar-refractivity contribution in [1.29, 1.82) is 0 Å². The summed E-state index contributed by atoms with van der Waals surface area (Å²) in [6.45, 7) is 3.92. The largest absolute Gasteiger partial charge is 0.465 e. The van der Waals surface area contributed by atoms with Gasteiger partial charge in [-0.1, -0.05) is 26.0 Å². The maximum atomic E-state index is 11.8. The minimum atomic E-state index is -0.482. The first-order chi connectivity index (χ1) is 8.95. The standard InChI is InChI=1S/C14H20N2O3/c1-9(2)11(15)8-13(17)16-12-7-5-4-6-10(12)14(18)19-3/h4-7,9,11H,8,15H2,1-3H3,(H,16,17). The molecule has 0 aromatic heterocycles. The molecule has 3 N–H and O–H groups in total. The molecular weight excluding hydrogens is 244 g/mol. The zero-order valence-corrected chi connectivity index (χ0v) is 11.5. The average molecular weight is 264 g/mol. The summed E-state index contributed by atoms with van der Waals surface area (Å²) in [7, 11) is 1.30. The summed E-state index contributed by atoms with van der Waals surface area (Å²) >= 11 is 0. The maximum absolute atomic E-state index is 11.8. The van der Waals surface area contributed by atoms with Crippen LogP contribution in [0.3, 0.4) is 0 Å². The van der Waals surface area contributed by atoms with Crippen LogP contribution in [0.4, 0.5) is 5.69 Å². The van der Waals surface area contributed by atoms with Gasteiger partial charge in [-0.05, 0) is 18.1 Å². The first kappa shape index (κ1) is 15.2. The Kier molecular flexibility index (Phi) is 5.51. The molecule has 0 bridgehead atoms. The fraction of sp³-hybridized carbons (Fsp3) is 0.429. The molecule has 0 heterocycles. The predicted octanol–water partition coefficient (Wildman–Crippen LogP) is 1.79. The number of esters is 1. The molecule has 104 valence electrons. The summed E-state index contributed by atoms with van der Waals surface area (Å²) in [5.74, 6) is -0.469. The third-order valence-electron chi connectivity index (χ3n) is 2.88. The summed E-state index contributed by atoms with van der Waals surface area (Å²) in [5.41, 5.74) is 6.61. The second-order valence-corrected chi connectivity index (χ2v) is 4.70. The lowest BCUT2D eigenvalue weighted by Crippen LogP contribution is -2.31. The first-order valence-corrected chi connectivity index (χ1v) is 6.18. The second kappa shape index (κ2) is 6.89. The van der Waals surface area contributed by atoms with Gasteiger partial charge in [-0.3, -0.25) is 4.79 Å². The van der Waals surface area contributed by atoms with Crippen molar-refractivity contribution in [2.45, 2.75) is 26.3 Å². The molecule has 0 radical (unpaired) electrons. The highest BCUT2D eigenvalue weighted by atomic mass is 16.5. The molecule has 0 spiro atoms. The van der Waals surface area contributed by atoms with Gasteiger partial charge in [0.15, 0.2) is 0 Å². The van der Waals surface area contributed by atoms with Crippen LogP contribution in [-0.2, 0) is 9.53 Å². The molecule has 0 aliphatic heterocycles. The summed E-state index contributed by atoms with van der Waals surface area (Å²) in [6, 6.07) is 6.51. The second-order valence-electron chi connectivity index (χ2n) is 4.70. The molecule has 1 unspecified atom stereocenters. The molecule has 5 heteroatoms. The monoisotopic (exact) mass is 264 g/mol. The smallest absolute Gasteiger partial charge is 0.339 e. The van der Waals surface area contributed by atoms with Gasteiger partial charge < -0.3 is 15.8 Å². The molecule has 19 heavy (non-hydrogen) atoms. The highest BCUT2D eigenvalue weighted by Gasteiger charge is 2.16. The van der Waals surface area contributed by atoms with Crippen molar-refractivity contribution in [3.63, 3.8) is 0 Å². The number of amides is 1. The van der Waals surface area contributed by atoms with Gasteiger partial charge in [-0.2, -0.15) is 0 Å². The molecule has 5 nitrogen and oxygen atoms in total. The van der Waals surface area contributed by atoms with E-state index in [1.165, 1.54) is 7.11 Å². The van der Waals surface area contributed by atoms with Gasteiger partial charge in [0.1, 0.15) is 0 Å². The number of nitrogens with two attached hydrogens (primary N) is 1. The van der Waals surface area contributed by atoms with Gasteiger partial charge in [-0.25, -0.2) is 4.79 Å². The van der Waals surface area contributed by atoms with Crippen molar-refractivity contribution < 1.29 is 14.3 Å². The van der Waals surface area contributed by atoms with E-state index in [9.17, 15) is 9.59 Å². The van der Waals surface area contributed by atoms with Gasteiger partial charge in [0.25, 0.3) is 0 Å². The van der Waals surface area contributed by atoms with Crippen molar-refractivity contribution >= 4 is 17.6 Å². The maximum Gasteiger partial charge on any atom is 0.339 e. The van der Waals surface area contributed by atoms with Crippen molar-refractivity contribution in [3.05, 3.63) is 29.8 Å². The Labute approximate surface area is 113 Å². The Bertz CT molecular complexity index is 458. The van der Waals surface area contributed by atoms with Gasteiger partial charge in [0.05, 0.1) is 18.4 Å². The first-order valence-electron chi connectivity index (χ1n) is 6.18. The molecule has 0 saturated carbocycles. The van der Waals surface area contributed by atoms with E-state index in [0.717, 1.165) is 0 Å². The van der Waals surface area contributed by atoms with Crippen LogP contribution in [-0.4, -0.2) is 25.0 Å². The van der Waals surface area contributed by atoms with Crippen molar-refractivity contribution in [1.82, 2.24) is 0 Å².